The monoisotopic (exact) mass is 436 g/mol. The van der Waals surface area contributed by atoms with Crippen molar-refractivity contribution in [3.05, 3.63) is 83.9 Å². The number of rotatable bonds is 7. The number of benzene rings is 3. The van der Waals surface area contributed by atoms with Gasteiger partial charge in [0.15, 0.2) is 6.61 Å². The number of carbonyl (C=O) groups excluding carboxylic acids is 1. The maximum atomic E-state index is 13.1. The van der Waals surface area contributed by atoms with Gasteiger partial charge in [0, 0.05) is 12.2 Å². The van der Waals surface area contributed by atoms with E-state index in [1.54, 1.807) is 12.1 Å². The van der Waals surface area contributed by atoms with Crippen LogP contribution in [0.25, 0.3) is 0 Å². The van der Waals surface area contributed by atoms with Gasteiger partial charge in [0.1, 0.15) is 5.75 Å². The molecule has 3 aromatic carbocycles. The lowest BCUT2D eigenvalue weighted by molar-refractivity contribution is -0.118. The van der Waals surface area contributed by atoms with E-state index in [1.165, 1.54) is 16.4 Å². The minimum absolute atomic E-state index is 0.127. The summed E-state index contributed by atoms with van der Waals surface area (Å²) in [5.41, 5.74) is 3.40. The van der Waals surface area contributed by atoms with Crippen molar-refractivity contribution >= 4 is 27.3 Å². The zero-order chi connectivity index (χ0) is 21.8. The van der Waals surface area contributed by atoms with E-state index in [9.17, 15) is 13.2 Å². The third-order valence-electron chi connectivity index (χ3n) is 5.25. The number of para-hydroxylation sites is 1. The molecule has 0 atom stereocenters. The largest absolute Gasteiger partial charge is 0.484 e. The summed E-state index contributed by atoms with van der Waals surface area (Å²) in [6.45, 7) is 2.35. The van der Waals surface area contributed by atoms with Crippen LogP contribution in [0.3, 0.4) is 0 Å². The summed E-state index contributed by atoms with van der Waals surface area (Å²) in [7, 11) is -3.65. The molecule has 0 radical (unpaired) electrons. The summed E-state index contributed by atoms with van der Waals surface area (Å²) < 4.78 is 33.1. The fraction of sp³-hybridized carbons (Fsp3) is 0.208. The number of nitrogens with zero attached hydrogens (tertiary/aromatic N) is 1. The first-order valence-corrected chi connectivity index (χ1v) is 11.6. The van der Waals surface area contributed by atoms with E-state index in [0.717, 1.165) is 23.2 Å². The second-order valence-electron chi connectivity index (χ2n) is 7.32. The van der Waals surface area contributed by atoms with E-state index in [0.29, 0.717) is 24.4 Å². The summed E-state index contributed by atoms with van der Waals surface area (Å²) in [5.74, 6) is 0.327. The number of ether oxygens (including phenoxy) is 1. The van der Waals surface area contributed by atoms with Gasteiger partial charge in [-0.3, -0.25) is 9.10 Å². The van der Waals surface area contributed by atoms with Gasteiger partial charge >= 0.3 is 0 Å². The molecule has 0 bridgehead atoms. The molecule has 1 amide bonds. The van der Waals surface area contributed by atoms with E-state index >= 15 is 0 Å². The third kappa shape index (κ3) is 4.56. The predicted octanol–water partition coefficient (Wildman–Crippen LogP) is 4.02. The molecular formula is C24H24N2O4S. The normalized spacial score (nSPS) is 13.0. The molecule has 0 aromatic heterocycles. The number of amides is 1. The van der Waals surface area contributed by atoms with Crippen molar-refractivity contribution in [1.29, 1.82) is 0 Å². The van der Waals surface area contributed by atoms with Gasteiger partial charge in [0.25, 0.3) is 15.9 Å². The Morgan fingerprint density at radius 2 is 1.81 bits per heavy atom. The molecule has 1 aliphatic heterocycles. The highest BCUT2D eigenvalue weighted by Gasteiger charge is 2.30. The molecule has 1 aliphatic rings. The molecule has 0 saturated carbocycles. The Hall–Kier alpha value is -3.32. The van der Waals surface area contributed by atoms with Crippen LogP contribution in [-0.4, -0.2) is 27.5 Å². The molecule has 160 valence electrons. The van der Waals surface area contributed by atoms with E-state index in [4.69, 9.17) is 4.74 Å². The Balaban J connectivity index is 1.39. The fourth-order valence-corrected chi connectivity index (χ4v) is 5.10. The lowest BCUT2D eigenvalue weighted by Crippen LogP contribution is -2.29. The van der Waals surface area contributed by atoms with E-state index < -0.39 is 10.0 Å². The van der Waals surface area contributed by atoms with Gasteiger partial charge in [-0.25, -0.2) is 8.42 Å². The van der Waals surface area contributed by atoms with Crippen molar-refractivity contribution in [1.82, 2.24) is 0 Å². The first-order chi connectivity index (χ1) is 15.0. The molecule has 1 N–H and O–H groups in total. The Kier molecular flexibility index (Phi) is 5.95. The second-order valence-corrected chi connectivity index (χ2v) is 9.18. The van der Waals surface area contributed by atoms with Gasteiger partial charge < -0.3 is 10.1 Å². The van der Waals surface area contributed by atoms with Gasteiger partial charge in [0.2, 0.25) is 0 Å². The highest BCUT2D eigenvalue weighted by molar-refractivity contribution is 7.92. The first-order valence-electron chi connectivity index (χ1n) is 10.2. The minimum Gasteiger partial charge on any atom is -0.484 e. The Morgan fingerprint density at radius 1 is 1.03 bits per heavy atom. The standard InChI is InChI=1S/C24H24N2O4S/c1-2-18-6-5-8-21(16-18)30-17-24(27)25-20-10-12-22(13-11-20)31(28,29)26-15-14-19-7-3-4-9-23(19)26/h3-13,16H,2,14-15,17H2,1H3,(H,25,27). The van der Waals surface area contributed by atoms with Crippen LogP contribution >= 0.6 is 0 Å². The average molecular weight is 437 g/mol. The average Bonchev–Trinajstić information content (AvgIpc) is 3.23. The van der Waals surface area contributed by atoms with Gasteiger partial charge in [-0.2, -0.15) is 0 Å². The number of fused-ring (bicyclic) bond motifs is 1. The van der Waals surface area contributed by atoms with Crippen LogP contribution in [0.1, 0.15) is 18.1 Å². The Bertz CT molecular complexity index is 1190. The third-order valence-corrected chi connectivity index (χ3v) is 7.07. The number of sulfonamides is 1. The predicted molar refractivity (Wildman–Crippen MR) is 121 cm³/mol. The van der Waals surface area contributed by atoms with E-state index in [-0.39, 0.29) is 17.4 Å². The smallest absolute Gasteiger partial charge is 0.264 e. The molecule has 6 nitrogen and oxygen atoms in total. The van der Waals surface area contributed by atoms with Crippen LogP contribution in [0.4, 0.5) is 11.4 Å². The fourth-order valence-electron chi connectivity index (χ4n) is 3.60. The van der Waals surface area contributed by atoms with Crippen LogP contribution in [0.15, 0.2) is 77.7 Å². The van der Waals surface area contributed by atoms with Crippen LogP contribution in [-0.2, 0) is 27.7 Å². The molecule has 0 saturated heterocycles. The first kappa shape index (κ1) is 20.9. The quantitative estimate of drug-likeness (QED) is 0.607. The van der Waals surface area contributed by atoms with Crippen molar-refractivity contribution in [2.24, 2.45) is 0 Å². The topological polar surface area (TPSA) is 75.7 Å². The molecule has 0 spiro atoms. The summed E-state index contributed by atoms with van der Waals surface area (Å²) in [5, 5.41) is 2.73. The summed E-state index contributed by atoms with van der Waals surface area (Å²) in [6, 6.07) is 21.3. The molecule has 0 aliphatic carbocycles. The molecule has 4 rings (SSSR count). The number of hydrogen-bond donors (Lipinski definition) is 1. The maximum Gasteiger partial charge on any atom is 0.264 e. The van der Waals surface area contributed by atoms with Gasteiger partial charge in [-0.15, -0.1) is 0 Å². The van der Waals surface area contributed by atoms with E-state index in [2.05, 4.69) is 12.2 Å². The van der Waals surface area contributed by atoms with Crippen LogP contribution in [0, 0.1) is 0 Å². The van der Waals surface area contributed by atoms with Crippen molar-refractivity contribution in [2.45, 2.75) is 24.7 Å². The van der Waals surface area contributed by atoms with Crippen LogP contribution in [0.5, 0.6) is 5.75 Å². The van der Waals surface area contributed by atoms with Crippen molar-refractivity contribution in [3.63, 3.8) is 0 Å². The highest BCUT2D eigenvalue weighted by atomic mass is 32.2. The highest BCUT2D eigenvalue weighted by Crippen LogP contribution is 2.32. The minimum atomic E-state index is -3.65. The number of hydrogen-bond acceptors (Lipinski definition) is 4. The molecule has 0 fully saturated rings. The molecule has 1 heterocycles. The molecule has 3 aromatic rings. The second kappa shape index (κ2) is 8.81. The lowest BCUT2D eigenvalue weighted by atomic mass is 10.2. The lowest BCUT2D eigenvalue weighted by Gasteiger charge is -2.19. The Morgan fingerprint density at radius 3 is 2.58 bits per heavy atom. The Labute approximate surface area is 182 Å². The summed E-state index contributed by atoms with van der Waals surface area (Å²) in [4.78, 5) is 12.4. The number of carbonyl (C=O) groups is 1. The van der Waals surface area contributed by atoms with Crippen LogP contribution in [0.2, 0.25) is 0 Å². The molecule has 7 heteroatoms. The van der Waals surface area contributed by atoms with Crippen molar-refractivity contribution in [3.8, 4) is 5.75 Å². The number of anilines is 2. The summed E-state index contributed by atoms with van der Waals surface area (Å²) >= 11 is 0. The zero-order valence-corrected chi connectivity index (χ0v) is 18.1. The van der Waals surface area contributed by atoms with Gasteiger partial charge in [-0.1, -0.05) is 37.3 Å². The number of aryl methyl sites for hydroxylation is 1. The van der Waals surface area contributed by atoms with Gasteiger partial charge in [-0.05, 0) is 66.4 Å². The summed E-state index contributed by atoms with van der Waals surface area (Å²) in [6.07, 6.45) is 1.59. The van der Waals surface area contributed by atoms with Crippen molar-refractivity contribution < 1.29 is 17.9 Å². The molecular weight excluding hydrogens is 412 g/mol. The van der Waals surface area contributed by atoms with Crippen molar-refractivity contribution in [2.75, 3.05) is 22.8 Å². The van der Waals surface area contributed by atoms with Gasteiger partial charge in [0.05, 0.1) is 10.6 Å². The maximum absolute atomic E-state index is 13.1. The zero-order valence-electron chi connectivity index (χ0n) is 17.2. The SMILES string of the molecule is CCc1cccc(OCC(=O)Nc2ccc(S(=O)(=O)N3CCc4ccccc43)cc2)c1. The molecule has 0 unspecified atom stereocenters. The molecule has 31 heavy (non-hydrogen) atoms. The van der Waals surface area contributed by atoms with Crippen LogP contribution < -0.4 is 14.4 Å². The van der Waals surface area contributed by atoms with E-state index in [1.807, 2.05) is 48.5 Å². The number of nitrogens with one attached hydrogen (secondary N) is 1.